The first-order valence-electron chi connectivity index (χ1n) is 10.7. The van der Waals surface area contributed by atoms with E-state index in [1.807, 2.05) is 51.1 Å². The van der Waals surface area contributed by atoms with Crippen LogP contribution in [-0.2, 0) is 4.79 Å². The zero-order valence-corrected chi connectivity index (χ0v) is 18.8. The van der Waals surface area contributed by atoms with E-state index < -0.39 is 17.9 Å². The Hall–Kier alpha value is -4.13. The van der Waals surface area contributed by atoms with Crippen molar-refractivity contribution in [2.75, 3.05) is 5.32 Å². The molecule has 0 saturated heterocycles. The van der Waals surface area contributed by atoms with Gasteiger partial charge in [0.2, 0.25) is 0 Å². The van der Waals surface area contributed by atoms with Crippen molar-refractivity contribution in [3.8, 4) is 5.75 Å². The molecule has 170 valence electrons. The van der Waals surface area contributed by atoms with E-state index in [2.05, 4.69) is 16.2 Å². The molecule has 0 aromatic heterocycles. The van der Waals surface area contributed by atoms with Crippen LogP contribution in [0.2, 0.25) is 0 Å². The van der Waals surface area contributed by atoms with E-state index in [-0.39, 0.29) is 5.91 Å². The number of hydrogen-bond acceptors (Lipinski definition) is 4. The summed E-state index contributed by atoms with van der Waals surface area (Å²) in [5.41, 5.74) is 8.08. The highest BCUT2D eigenvalue weighted by molar-refractivity contribution is 6.05. The number of carbonyl (C=O) groups excluding carboxylic acids is 3. The zero-order valence-electron chi connectivity index (χ0n) is 18.8. The van der Waals surface area contributed by atoms with Gasteiger partial charge in [-0.1, -0.05) is 43.3 Å². The maximum atomic E-state index is 12.5. The monoisotopic (exact) mass is 445 g/mol. The van der Waals surface area contributed by atoms with Crippen molar-refractivity contribution in [1.82, 2.24) is 10.9 Å². The first kappa shape index (κ1) is 23.5. The SMILES string of the molecule is CCC(Oc1ccccc1C)C(=O)NNC(=O)c1ccc(NC(=O)c2ccccc2C)cc1. The van der Waals surface area contributed by atoms with Gasteiger partial charge in [-0.25, -0.2) is 0 Å². The normalized spacial score (nSPS) is 11.2. The number of benzene rings is 3. The van der Waals surface area contributed by atoms with Crippen LogP contribution in [0.5, 0.6) is 5.75 Å². The molecule has 33 heavy (non-hydrogen) atoms. The highest BCUT2D eigenvalue weighted by atomic mass is 16.5. The van der Waals surface area contributed by atoms with E-state index >= 15 is 0 Å². The van der Waals surface area contributed by atoms with Crippen molar-refractivity contribution in [2.45, 2.75) is 33.3 Å². The van der Waals surface area contributed by atoms with Crippen LogP contribution in [0.25, 0.3) is 0 Å². The summed E-state index contributed by atoms with van der Waals surface area (Å²) in [6.07, 6.45) is -0.309. The third-order valence-corrected chi connectivity index (χ3v) is 5.12. The number of anilines is 1. The van der Waals surface area contributed by atoms with Gasteiger partial charge < -0.3 is 10.1 Å². The maximum absolute atomic E-state index is 12.5. The number of hydrazine groups is 1. The van der Waals surface area contributed by atoms with E-state index in [0.717, 1.165) is 11.1 Å². The third-order valence-electron chi connectivity index (χ3n) is 5.12. The summed E-state index contributed by atoms with van der Waals surface area (Å²) in [6.45, 7) is 5.59. The standard InChI is InChI=1S/C26H27N3O4/c1-4-22(33-23-12-8-6-10-18(23)3)26(32)29-28-24(30)19-13-15-20(16-14-19)27-25(31)21-11-7-5-9-17(21)2/h5-16,22H,4H2,1-3H3,(H,27,31)(H,28,30)(H,29,32). The van der Waals surface area contributed by atoms with E-state index in [0.29, 0.717) is 29.0 Å². The number of ether oxygens (including phenoxy) is 1. The topological polar surface area (TPSA) is 96.5 Å². The second-order valence-corrected chi connectivity index (χ2v) is 7.57. The average Bonchev–Trinajstić information content (AvgIpc) is 2.82. The molecule has 3 N–H and O–H groups in total. The summed E-state index contributed by atoms with van der Waals surface area (Å²) < 4.78 is 5.79. The predicted octanol–water partition coefficient (Wildman–Crippen LogP) is 4.17. The van der Waals surface area contributed by atoms with Gasteiger partial charge in [0.15, 0.2) is 6.10 Å². The number of rotatable bonds is 7. The first-order chi connectivity index (χ1) is 15.9. The van der Waals surface area contributed by atoms with Crippen LogP contribution in [0.15, 0.2) is 72.8 Å². The largest absolute Gasteiger partial charge is 0.480 e. The third kappa shape index (κ3) is 6.20. The Labute approximate surface area is 193 Å². The van der Waals surface area contributed by atoms with Gasteiger partial charge in [0.05, 0.1) is 0 Å². The van der Waals surface area contributed by atoms with Gasteiger partial charge in [-0.15, -0.1) is 0 Å². The van der Waals surface area contributed by atoms with Crippen molar-refractivity contribution in [3.63, 3.8) is 0 Å². The summed E-state index contributed by atoms with van der Waals surface area (Å²) in [4.78, 5) is 37.3. The molecule has 0 aliphatic heterocycles. The predicted molar refractivity (Wildman–Crippen MR) is 127 cm³/mol. The lowest BCUT2D eigenvalue weighted by atomic mass is 10.1. The van der Waals surface area contributed by atoms with Crippen molar-refractivity contribution in [1.29, 1.82) is 0 Å². The molecule has 1 unspecified atom stereocenters. The highest BCUT2D eigenvalue weighted by Gasteiger charge is 2.20. The molecule has 0 fully saturated rings. The molecular weight excluding hydrogens is 418 g/mol. The van der Waals surface area contributed by atoms with Gasteiger partial charge in [0.25, 0.3) is 17.7 Å². The molecule has 3 aromatic rings. The van der Waals surface area contributed by atoms with Crippen molar-refractivity contribution in [3.05, 3.63) is 95.1 Å². The molecule has 0 spiro atoms. The molecule has 0 aliphatic carbocycles. The fraction of sp³-hybridized carbons (Fsp3) is 0.192. The van der Waals surface area contributed by atoms with Crippen LogP contribution in [0.1, 0.15) is 45.2 Å². The second kappa shape index (κ2) is 10.9. The molecule has 0 radical (unpaired) electrons. The van der Waals surface area contributed by atoms with Gasteiger partial charge in [0.1, 0.15) is 5.75 Å². The smallest absolute Gasteiger partial charge is 0.279 e. The summed E-state index contributed by atoms with van der Waals surface area (Å²) in [5, 5.41) is 2.81. The molecule has 0 aliphatic rings. The number of amides is 3. The Balaban J connectivity index is 1.54. The maximum Gasteiger partial charge on any atom is 0.279 e. The van der Waals surface area contributed by atoms with Gasteiger partial charge in [0, 0.05) is 16.8 Å². The van der Waals surface area contributed by atoms with E-state index in [1.54, 1.807) is 42.5 Å². The van der Waals surface area contributed by atoms with Gasteiger partial charge in [-0.2, -0.15) is 0 Å². The Bertz CT molecular complexity index is 1140. The van der Waals surface area contributed by atoms with Crippen molar-refractivity contribution < 1.29 is 19.1 Å². The average molecular weight is 446 g/mol. The Morgan fingerprint density at radius 2 is 1.42 bits per heavy atom. The molecule has 3 aromatic carbocycles. The van der Waals surface area contributed by atoms with E-state index in [1.165, 1.54) is 0 Å². The number of para-hydroxylation sites is 1. The van der Waals surface area contributed by atoms with Crippen LogP contribution >= 0.6 is 0 Å². The van der Waals surface area contributed by atoms with Crippen molar-refractivity contribution in [2.24, 2.45) is 0 Å². The van der Waals surface area contributed by atoms with E-state index in [4.69, 9.17) is 4.74 Å². The van der Waals surface area contributed by atoms with Crippen LogP contribution in [-0.4, -0.2) is 23.8 Å². The molecule has 7 heteroatoms. The second-order valence-electron chi connectivity index (χ2n) is 7.57. The Morgan fingerprint density at radius 1 is 0.788 bits per heavy atom. The Kier molecular flexibility index (Phi) is 7.81. The number of aryl methyl sites for hydroxylation is 2. The molecule has 7 nitrogen and oxygen atoms in total. The van der Waals surface area contributed by atoms with Crippen LogP contribution in [0, 0.1) is 13.8 Å². The minimum atomic E-state index is -0.745. The fourth-order valence-corrected chi connectivity index (χ4v) is 3.17. The van der Waals surface area contributed by atoms with Crippen molar-refractivity contribution >= 4 is 23.4 Å². The minimum absolute atomic E-state index is 0.225. The summed E-state index contributed by atoms with van der Waals surface area (Å²) in [7, 11) is 0. The lowest BCUT2D eigenvalue weighted by molar-refractivity contribution is -0.128. The summed E-state index contributed by atoms with van der Waals surface area (Å²) >= 11 is 0. The molecule has 1 atom stereocenters. The molecule has 0 heterocycles. The number of nitrogens with one attached hydrogen (secondary N) is 3. The summed E-state index contributed by atoms with van der Waals surface area (Å²) in [5.74, 6) is -0.534. The fourth-order valence-electron chi connectivity index (χ4n) is 3.17. The summed E-state index contributed by atoms with van der Waals surface area (Å²) in [6, 6.07) is 21.1. The molecular formula is C26H27N3O4. The van der Waals surface area contributed by atoms with Crippen LogP contribution in [0.3, 0.4) is 0 Å². The number of hydrogen-bond donors (Lipinski definition) is 3. The molecule has 0 saturated carbocycles. The Morgan fingerprint density at radius 3 is 2.06 bits per heavy atom. The van der Waals surface area contributed by atoms with Crippen LogP contribution < -0.4 is 20.9 Å². The lowest BCUT2D eigenvalue weighted by Crippen LogP contribution is -2.48. The quantitative estimate of drug-likeness (QED) is 0.476. The zero-order chi connectivity index (χ0) is 23.8. The lowest BCUT2D eigenvalue weighted by Gasteiger charge is -2.18. The van der Waals surface area contributed by atoms with Gasteiger partial charge in [-0.3, -0.25) is 25.2 Å². The van der Waals surface area contributed by atoms with E-state index in [9.17, 15) is 14.4 Å². The highest BCUT2D eigenvalue weighted by Crippen LogP contribution is 2.19. The molecule has 3 amide bonds. The minimum Gasteiger partial charge on any atom is -0.480 e. The molecule has 0 bridgehead atoms. The van der Waals surface area contributed by atoms with Gasteiger partial charge >= 0.3 is 0 Å². The number of carbonyl (C=O) groups is 3. The van der Waals surface area contributed by atoms with Crippen LogP contribution in [0.4, 0.5) is 5.69 Å². The molecule has 3 rings (SSSR count). The first-order valence-corrected chi connectivity index (χ1v) is 10.7. The van der Waals surface area contributed by atoms with Gasteiger partial charge in [-0.05, 0) is 67.8 Å².